The average Bonchev–Trinajstić information content (AvgIpc) is 2.76. The van der Waals surface area contributed by atoms with Gasteiger partial charge in [-0.2, -0.15) is 0 Å². The van der Waals surface area contributed by atoms with Crippen molar-refractivity contribution in [3.63, 3.8) is 0 Å². The second-order valence-corrected chi connectivity index (χ2v) is 12.5. The number of carbonyl (C=O) groups is 1. The molecule has 2 aromatic rings. The highest BCUT2D eigenvalue weighted by molar-refractivity contribution is 6.86. The quantitative estimate of drug-likeness (QED) is 0.511. The van der Waals surface area contributed by atoms with E-state index in [9.17, 15) is 4.79 Å². The van der Waals surface area contributed by atoms with E-state index in [1.807, 2.05) is 30.5 Å². The Labute approximate surface area is 169 Å². The lowest BCUT2D eigenvalue weighted by molar-refractivity contribution is 0.181. The van der Waals surface area contributed by atoms with Crippen LogP contribution in [0.2, 0.25) is 18.1 Å². The molecule has 1 heterocycles. The highest BCUT2D eigenvalue weighted by Crippen LogP contribution is 2.41. The number of rotatable bonds is 6. The zero-order chi connectivity index (χ0) is 20.0. The van der Waals surface area contributed by atoms with Crippen molar-refractivity contribution in [1.29, 1.82) is 0 Å². The molecule has 2 aromatic carbocycles. The van der Waals surface area contributed by atoms with Gasteiger partial charge in [0.25, 0.3) is 0 Å². The molecule has 0 saturated carbocycles. The van der Waals surface area contributed by atoms with E-state index in [2.05, 4.69) is 57.3 Å². The Morgan fingerprint density at radius 2 is 1.50 bits per heavy atom. The molecule has 3 nitrogen and oxygen atoms in total. The summed E-state index contributed by atoms with van der Waals surface area (Å²) in [6, 6.07) is 23.3. The highest BCUT2D eigenvalue weighted by Gasteiger charge is 2.38. The van der Waals surface area contributed by atoms with E-state index in [1.165, 1.54) is 28.9 Å². The van der Waals surface area contributed by atoms with Crippen LogP contribution < -0.4 is 4.74 Å². The molecule has 1 aliphatic rings. The lowest BCUT2D eigenvalue weighted by Gasteiger charge is -2.38. The number of nitrogens with zero attached hydrogens (tertiary/aromatic N) is 1. The fraction of sp³-hybridized carbons (Fsp3) is 0.292. The molecule has 1 unspecified atom stereocenters. The van der Waals surface area contributed by atoms with E-state index in [0.29, 0.717) is 5.75 Å². The van der Waals surface area contributed by atoms with Gasteiger partial charge in [0.2, 0.25) is 0 Å². The van der Waals surface area contributed by atoms with Crippen molar-refractivity contribution in [1.82, 2.24) is 4.90 Å². The molecule has 0 N–H and O–H groups in total. The van der Waals surface area contributed by atoms with Crippen molar-refractivity contribution in [3.05, 3.63) is 89.9 Å². The van der Waals surface area contributed by atoms with Gasteiger partial charge in [0.15, 0.2) is 0 Å². The summed E-state index contributed by atoms with van der Waals surface area (Å²) in [6.45, 7) is 6.90. The molecule has 0 saturated heterocycles. The third kappa shape index (κ3) is 4.12. The Morgan fingerprint density at radius 3 is 2.07 bits per heavy atom. The maximum Gasteiger partial charge on any atom is 0.423 e. The first-order valence-electron chi connectivity index (χ1n) is 10.1. The van der Waals surface area contributed by atoms with Crippen molar-refractivity contribution in [2.24, 2.45) is 0 Å². The van der Waals surface area contributed by atoms with Gasteiger partial charge in [-0.15, -0.1) is 0 Å². The van der Waals surface area contributed by atoms with Crippen LogP contribution in [-0.4, -0.2) is 19.1 Å². The van der Waals surface area contributed by atoms with Crippen LogP contribution in [0.15, 0.2) is 84.3 Å². The Balaban J connectivity index is 1.95. The van der Waals surface area contributed by atoms with Crippen LogP contribution >= 0.6 is 0 Å². The zero-order valence-electron chi connectivity index (χ0n) is 17.0. The molecule has 0 radical (unpaired) electrons. The van der Waals surface area contributed by atoms with Crippen molar-refractivity contribution in [2.45, 2.75) is 44.8 Å². The molecule has 0 aliphatic carbocycles. The SMILES string of the molecule is CC[Si](CC)(CC)C1=CN(C(=O)Oc2ccccc2)C=CC1c1ccccc1. The minimum atomic E-state index is -1.68. The van der Waals surface area contributed by atoms with Gasteiger partial charge in [-0.05, 0) is 17.7 Å². The summed E-state index contributed by atoms with van der Waals surface area (Å²) < 4.78 is 5.56. The first-order chi connectivity index (χ1) is 13.6. The number of allylic oxidation sites excluding steroid dienone is 2. The van der Waals surface area contributed by atoms with E-state index in [1.54, 1.807) is 17.0 Å². The number of benzene rings is 2. The van der Waals surface area contributed by atoms with E-state index in [4.69, 9.17) is 4.74 Å². The molecule has 0 aromatic heterocycles. The topological polar surface area (TPSA) is 29.5 Å². The molecular weight excluding hydrogens is 362 g/mol. The predicted octanol–water partition coefficient (Wildman–Crippen LogP) is 6.73. The molecule has 0 bridgehead atoms. The molecular formula is C24H29NO2Si. The Hall–Kier alpha value is -2.59. The molecule has 3 rings (SSSR count). The Kier molecular flexibility index (Phi) is 6.52. The summed E-state index contributed by atoms with van der Waals surface area (Å²) in [5.74, 6) is 0.791. The second-order valence-electron chi connectivity index (χ2n) is 7.24. The molecule has 4 heteroatoms. The first-order valence-corrected chi connectivity index (χ1v) is 12.8. The fourth-order valence-electron chi connectivity index (χ4n) is 4.09. The maximum atomic E-state index is 12.8. The van der Waals surface area contributed by atoms with E-state index < -0.39 is 8.07 Å². The number of amides is 1. The predicted molar refractivity (Wildman–Crippen MR) is 118 cm³/mol. The van der Waals surface area contributed by atoms with Gasteiger partial charge in [-0.25, -0.2) is 4.79 Å². The Bertz CT molecular complexity index is 833. The molecule has 1 amide bonds. The highest BCUT2D eigenvalue weighted by atomic mass is 28.3. The number of ether oxygens (including phenoxy) is 1. The summed E-state index contributed by atoms with van der Waals surface area (Å²) in [6.07, 6.45) is 5.70. The van der Waals surface area contributed by atoms with Gasteiger partial charge < -0.3 is 4.74 Å². The molecule has 0 spiro atoms. The number of hydrogen-bond acceptors (Lipinski definition) is 2. The summed E-state index contributed by atoms with van der Waals surface area (Å²) in [5, 5.41) is 1.42. The van der Waals surface area contributed by atoms with Crippen molar-refractivity contribution < 1.29 is 9.53 Å². The molecule has 1 aliphatic heterocycles. The minimum Gasteiger partial charge on any atom is -0.410 e. The second kappa shape index (κ2) is 9.07. The number of hydrogen-bond donors (Lipinski definition) is 0. The largest absolute Gasteiger partial charge is 0.423 e. The van der Waals surface area contributed by atoms with Crippen LogP contribution in [0.5, 0.6) is 5.75 Å². The number of carbonyl (C=O) groups excluding carboxylic acids is 1. The summed E-state index contributed by atoms with van der Waals surface area (Å²) >= 11 is 0. The summed E-state index contributed by atoms with van der Waals surface area (Å²) in [4.78, 5) is 14.4. The minimum absolute atomic E-state index is 0.230. The lowest BCUT2D eigenvalue weighted by Crippen LogP contribution is -2.40. The molecule has 0 fully saturated rings. The van der Waals surface area contributed by atoms with Crippen LogP contribution in [0.25, 0.3) is 0 Å². The van der Waals surface area contributed by atoms with Gasteiger partial charge >= 0.3 is 6.09 Å². The third-order valence-electron chi connectivity index (χ3n) is 6.01. The lowest BCUT2D eigenvalue weighted by atomic mass is 9.97. The third-order valence-corrected chi connectivity index (χ3v) is 11.7. The smallest absolute Gasteiger partial charge is 0.410 e. The standard InChI is InChI=1S/C24H29NO2Si/c1-4-28(5-2,6-3)23-19-25(24(26)27-21-15-11-8-12-16-21)18-17-22(23)20-13-9-7-10-14-20/h7-19,22H,4-6H2,1-3H3. The fourth-order valence-corrected chi connectivity index (χ4v) is 8.15. The molecule has 1 atom stereocenters. The zero-order valence-corrected chi connectivity index (χ0v) is 18.0. The van der Waals surface area contributed by atoms with Gasteiger partial charge in [-0.1, -0.05) is 98.7 Å². The normalized spacial score (nSPS) is 16.6. The van der Waals surface area contributed by atoms with Crippen LogP contribution in [0.4, 0.5) is 4.79 Å². The molecule has 28 heavy (non-hydrogen) atoms. The molecule has 146 valence electrons. The monoisotopic (exact) mass is 391 g/mol. The van der Waals surface area contributed by atoms with E-state index in [-0.39, 0.29) is 12.0 Å². The van der Waals surface area contributed by atoms with Gasteiger partial charge in [0, 0.05) is 18.3 Å². The van der Waals surface area contributed by atoms with Crippen LogP contribution in [-0.2, 0) is 0 Å². The van der Waals surface area contributed by atoms with Crippen molar-refractivity contribution >= 4 is 14.2 Å². The van der Waals surface area contributed by atoms with Crippen molar-refractivity contribution in [2.75, 3.05) is 0 Å². The number of para-hydroxylation sites is 1. The first kappa shape index (κ1) is 20.1. The van der Waals surface area contributed by atoms with E-state index in [0.717, 1.165) is 0 Å². The summed E-state index contributed by atoms with van der Waals surface area (Å²) in [5.41, 5.74) is 1.29. The van der Waals surface area contributed by atoms with Crippen LogP contribution in [0.1, 0.15) is 32.3 Å². The van der Waals surface area contributed by atoms with E-state index >= 15 is 0 Å². The average molecular weight is 392 g/mol. The van der Waals surface area contributed by atoms with Gasteiger partial charge in [0.1, 0.15) is 5.75 Å². The Morgan fingerprint density at radius 1 is 0.929 bits per heavy atom. The summed E-state index contributed by atoms with van der Waals surface area (Å²) in [7, 11) is -1.68. The maximum absolute atomic E-state index is 12.8. The van der Waals surface area contributed by atoms with Crippen LogP contribution in [0, 0.1) is 0 Å². The van der Waals surface area contributed by atoms with Gasteiger partial charge in [0.05, 0.1) is 8.07 Å². The van der Waals surface area contributed by atoms with Crippen molar-refractivity contribution in [3.8, 4) is 5.75 Å². The van der Waals surface area contributed by atoms with Crippen LogP contribution in [0.3, 0.4) is 0 Å². The van der Waals surface area contributed by atoms with Gasteiger partial charge in [-0.3, -0.25) is 4.90 Å².